The summed E-state index contributed by atoms with van der Waals surface area (Å²) >= 11 is 0. The molecule has 1 aromatic carbocycles. The molecular weight excluding hydrogens is 193 g/mol. The van der Waals surface area contributed by atoms with Crippen molar-refractivity contribution >= 4 is 5.95 Å². The number of hydrogen-bond acceptors (Lipinski definition) is 3. The van der Waals surface area contributed by atoms with Gasteiger partial charge in [-0.3, -0.25) is 0 Å². The van der Waals surface area contributed by atoms with Crippen LogP contribution in [0.15, 0.2) is 36.5 Å². The molecule has 0 atom stereocenters. The maximum Gasteiger partial charge on any atom is 0.222 e. The Kier molecular flexibility index (Phi) is 2.58. The SMILES string of the molecule is CNc1nccc(-c2ccc(F)cc2)n1. The van der Waals surface area contributed by atoms with Crippen molar-refractivity contribution in [3.63, 3.8) is 0 Å². The standard InChI is InChI=1S/C11H10FN3/c1-13-11-14-7-6-10(15-11)8-2-4-9(12)5-3-8/h2-7H,1H3,(H,13,14,15). The summed E-state index contributed by atoms with van der Waals surface area (Å²) in [6.07, 6.45) is 1.66. The molecule has 0 aliphatic heterocycles. The van der Waals surface area contributed by atoms with Crippen LogP contribution in [-0.2, 0) is 0 Å². The molecular formula is C11H10FN3. The topological polar surface area (TPSA) is 37.8 Å². The van der Waals surface area contributed by atoms with E-state index in [-0.39, 0.29) is 5.82 Å². The zero-order valence-electron chi connectivity index (χ0n) is 8.24. The van der Waals surface area contributed by atoms with Crippen molar-refractivity contribution in [1.29, 1.82) is 0 Å². The molecule has 0 radical (unpaired) electrons. The molecule has 4 heteroatoms. The van der Waals surface area contributed by atoms with Gasteiger partial charge in [0.2, 0.25) is 5.95 Å². The van der Waals surface area contributed by atoms with Crippen molar-refractivity contribution in [2.75, 3.05) is 12.4 Å². The number of benzene rings is 1. The molecule has 0 saturated carbocycles. The lowest BCUT2D eigenvalue weighted by Crippen LogP contribution is -1.96. The zero-order valence-corrected chi connectivity index (χ0v) is 8.24. The Morgan fingerprint density at radius 3 is 2.53 bits per heavy atom. The Morgan fingerprint density at radius 1 is 1.13 bits per heavy atom. The van der Waals surface area contributed by atoms with Crippen LogP contribution in [0.4, 0.5) is 10.3 Å². The lowest BCUT2D eigenvalue weighted by atomic mass is 10.1. The fraction of sp³-hybridized carbons (Fsp3) is 0.0909. The highest BCUT2D eigenvalue weighted by Crippen LogP contribution is 2.17. The van der Waals surface area contributed by atoms with Gasteiger partial charge in [0.05, 0.1) is 5.69 Å². The minimum absolute atomic E-state index is 0.248. The molecule has 0 amide bonds. The van der Waals surface area contributed by atoms with E-state index in [9.17, 15) is 4.39 Å². The smallest absolute Gasteiger partial charge is 0.222 e. The van der Waals surface area contributed by atoms with Crippen LogP contribution in [0.3, 0.4) is 0 Å². The molecule has 0 unspecified atom stereocenters. The van der Waals surface area contributed by atoms with Gasteiger partial charge in [-0.1, -0.05) is 0 Å². The maximum absolute atomic E-state index is 12.7. The fourth-order valence-electron chi connectivity index (χ4n) is 1.26. The fourth-order valence-corrected chi connectivity index (χ4v) is 1.26. The summed E-state index contributed by atoms with van der Waals surface area (Å²) in [5.41, 5.74) is 1.64. The highest BCUT2D eigenvalue weighted by atomic mass is 19.1. The molecule has 0 aliphatic rings. The molecule has 0 spiro atoms. The molecule has 0 bridgehead atoms. The average Bonchev–Trinajstić information content (AvgIpc) is 2.30. The van der Waals surface area contributed by atoms with E-state index in [0.29, 0.717) is 5.95 Å². The van der Waals surface area contributed by atoms with E-state index in [0.717, 1.165) is 11.3 Å². The average molecular weight is 203 g/mol. The van der Waals surface area contributed by atoms with Crippen molar-refractivity contribution in [1.82, 2.24) is 9.97 Å². The van der Waals surface area contributed by atoms with Crippen molar-refractivity contribution < 1.29 is 4.39 Å². The van der Waals surface area contributed by atoms with Crippen molar-refractivity contribution in [3.8, 4) is 11.3 Å². The van der Waals surface area contributed by atoms with Gasteiger partial charge < -0.3 is 5.32 Å². The van der Waals surface area contributed by atoms with E-state index >= 15 is 0 Å². The van der Waals surface area contributed by atoms with Gasteiger partial charge in [0.15, 0.2) is 0 Å². The first kappa shape index (κ1) is 9.58. The number of nitrogens with one attached hydrogen (secondary N) is 1. The molecule has 1 heterocycles. The quantitative estimate of drug-likeness (QED) is 0.813. The molecule has 2 rings (SSSR count). The minimum Gasteiger partial charge on any atom is -0.357 e. The monoisotopic (exact) mass is 203 g/mol. The third kappa shape index (κ3) is 2.10. The van der Waals surface area contributed by atoms with E-state index in [4.69, 9.17) is 0 Å². The van der Waals surface area contributed by atoms with Crippen LogP contribution in [0.2, 0.25) is 0 Å². The Hall–Kier alpha value is -1.97. The summed E-state index contributed by atoms with van der Waals surface area (Å²) in [6.45, 7) is 0. The van der Waals surface area contributed by atoms with Crippen LogP contribution in [-0.4, -0.2) is 17.0 Å². The third-order valence-corrected chi connectivity index (χ3v) is 2.02. The molecule has 1 N–H and O–H groups in total. The Bertz CT molecular complexity index is 454. The van der Waals surface area contributed by atoms with Crippen LogP contribution < -0.4 is 5.32 Å². The van der Waals surface area contributed by atoms with E-state index < -0.39 is 0 Å². The van der Waals surface area contributed by atoms with Crippen LogP contribution in [0, 0.1) is 5.82 Å². The number of hydrogen-bond donors (Lipinski definition) is 1. The summed E-state index contributed by atoms with van der Waals surface area (Å²) in [4.78, 5) is 8.25. The minimum atomic E-state index is -0.248. The summed E-state index contributed by atoms with van der Waals surface area (Å²) < 4.78 is 12.7. The number of aromatic nitrogens is 2. The highest BCUT2D eigenvalue weighted by molar-refractivity contribution is 5.59. The van der Waals surface area contributed by atoms with Crippen LogP contribution >= 0.6 is 0 Å². The second-order valence-corrected chi connectivity index (χ2v) is 3.02. The van der Waals surface area contributed by atoms with Crippen LogP contribution in [0.25, 0.3) is 11.3 Å². The van der Waals surface area contributed by atoms with Gasteiger partial charge in [0.1, 0.15) is 5.82 Å². The second-order valence-electron chi connectivity index (χ2n) is 3.02. The lowest BCUT2D eigenvalue weighted by molar-refractivity contribution is 0.628. The Labute approximate surface area is 87.0 Å². The molecule has 0 saturated heterocycles. The molecule has 2 aromatic rings. The van der Waals surface area contributed by atoms with Gasteiger partial charge in [-0.25, -0.2) is 14.4 Å². The zero-order chi connectivity index (χ0) is 10.7. The number of anilines is 1. The van der Waals surface area contributed by atoms with Gasteiger partial charge in [-0.15, -0.1) is 0 Å². The predicted molar refractivity (Wildman–Crippen MR) is 57.0 cm³/mol. The molecule has 15 heavy (non-hydrogen) atoms. The first-order valence-corrected chi connectivity index (χ1v) is 4.56. The summed E-state index contributed by atoms with van der Waals surface area (Å²) in [5, 5.41) is 2.85. The largest absolute Gasteiger partial charge is 0.357 e. The molecule has 3 nitrogen and oxygen atoms in total. The maximum atomic E-state index is 12.7. The summed E-state index contributed by atoms with van der Waals surface area (Å²) in [7, 11) is 1.75. The lowest BCUT2D eigenvalue weighted by Gasteiger charge is -2.02. The van der Waals surface area contributed by atoms with E-state index in [2.05, 4.69) is 15.3 Å². The van der Waals surface area contributed by atoms with Crippen LogP contribution in [0.5, 0.6) is 0 Å². The Morgan fingerprint density at radius 2 is 1.87 bits per heavy atom. The van der Waals surface area contributed by atoms with Crippen molar-refractivity contribution in [3.05, 3.63) is 42.3 Å². The van der Waals surface area contributed by atoms with Gasteiger partial charge in [0, 0.05) is 18.8 Å². The first-order valence-electron chi connectivity index (χ1n) is 4.56. The molecule has 0 fully saturated rings. The van der Waals surface area contributed by atoms with E-state index in [1.165, 1.54) is 12.1 Å². The molecule has 76 valence electrons. The predicted octanol–water partition coefficient (Wildman–Crippen LogP) is 2.32. The van der Waals surface area contributed by atoms with E-state index in [1.807, 2.05) is 0 Å². The molecule has 1 aromatic heterocycles. The van der Waals surface area contributed by atoms with Crippen molar-refractivity contribution in [2.24, 2.45) is 0 Å². The Balaban J connectivity index is 2.40. The van der Waals surface area contributed by atoms with Crippen molar-refractivity contribution in [2.45, 2.75) is 0 Å². The first-order chi connectivity index (χ1) is 7.29. The van der Waals surface area contributed by atoms with E-state index in [1.54, 1.807) is 31.4 Å². The number of rotatable bonds is 2. The third-order valence-electron chi connectivity index (χ3n) is 2.02. The number of nitrogens with zero attached hydrogens (tertiary/aromatic N) is 2. The van der Waals surface area contributed by atoms with Crippen LogP contribution in [0.1, 0.15) is 0 Å². The van der Waals surface area contributed by atoms with Gasteiger partial charge >= 0.3 is 0 Å². The molecule has 0 aliphatic carbocycles. The normalized spacial score (nSPS) is 10.0. The highest BCUT2D eigenvalue weighted by Gasteiger charge is 2.00. The van der Waals surface area contributed by atoms with Gasteiger partial charge in [-0.2, -0.15) is 0 Å². The van der Waals surface area contributed by atoms with Gasteiger partial charge in [-0.05, 0) is 30.3 Å². The summed E-state index contributed by atoms with van der Waals surface area (Å²) in [6, 6.07) is 8.00. The summed E-state index contributed by atoms with van der Waals surface area (Å²) in [5.74, 6) is 0.304. The number of halogens is 1. The second kappa shape index (κ2) is 4.04. The van der Waals surface area contributed by atoms with Gasteiger partial charge in [0.25, 0.3) is 0 Å².